The van der Waals surface area contributed by atoms with Crippen molar-refractivity contribution in [3.05, 3.63) is 53.1 Å². The summed E-state index contributed by atoms with van der Waals surface area (Å²) in [5.41, 5.74) is 3.63. The molecule has 0 saturated carbocycles. The number of benzene rings is 2. The standard InChI is InChI=1S/C18H22ClNO/c1-4-20-13(2)11-14-5-7-15(8-6-14)16-9-10-17(19)18(12-16)21-3/h5-10,12-13,20H,4,11H2,1-3H3. The minimum absolute atomic E-state index is 0.497. The molecule has 2 aromatic carbocycles. The summed E-state index contributed by atoms with van der Waals surface area (Å²) in [7, 11) is 1.64. The van der Waals surface area contributed by atoms with Crippen LogP contribution in [0.1, 0.15) is 19.4 Å². The van der Waals surface area contributed by atoms with Crippen molar-refractivity contribution in [1.29, 1.82) is 0 Å². The Morgan fingerprint density at radius 2 is 1.76 bits per heavy atom. The molecule has 0 bridgehead atoms. The number of methoxy groups -OCH3 is 1. The molecule has 0 aliphatic heterocycles. The first kappa shape index (κ1) is 15.9. The van der Waals surface area contributed by atoms with E-state index in [2.05, 4.69) is 43.4 Å². The van der Waals surface area contributed by atoms with Crippen LogP contribution in [-0.2, 0) is 6.42 Å². The van der Waals surface area contributed by atoms with Crippen LogP contribution in [0.15, 0.2) is 42.5 Å². The molecule has 2 nitrogen and oxygen atoms in total. The van der Waals surface area contributed by atoms with E-state index >= 15 is 0 Å². The van der Waals surface area contributed by atoms with Crippen molar-refractivity contribution in [2.75, 3.05) is 13.7 Å². The number of hydrogen-bond donors (Lipinski definition) is 1. The van der Waals surface area contributed by atoms with Gasteiger partial charge in [-0.1, -0.05) is 48.9 Å². The highest BCUT2D eigenvalue weighted by Crippen LogP contribution is 2.30. The van der Waals surface area contributed by atoms with Crippen LogP contribution in [0.25, 0.3) is 11.1 Å². The van der Waals surface area contributed by atoms with Crippen LogP contribution < -0.4 is 10.1 Å². The third-order valence-electron chi connectivity index (χ3n) is 3.53. The van der Waals surface area contributed by atoms with Gasteiger partial charge in [-0.15, -0.1) is 0 Å². The molecular formula is C18H22ClNO. The second-order valence-corrected chi connectivity index (χ2v) is 5.62. The fourth-order valence-corrected chi connectivity index (χ4v) is 2.64. The number of nitrogens with one attached hydrogen (secondary N) is 1. The zero-order valence-corrected chi connectivity index (χ0v) is 13.6. The first-order chi connectivity index (χ1) is 10.1. The third-order valence-corrected chi connectivity index (χ3v) is 3.85. The molecule has 0 fully saturated rings. The molecule has 0 amide bonds. The maximum Gasteiger partial charge on any atom is 0.138 e. The van der Waals surface area contributed by atoms with Crippen molar-refractivity contribution in [1.82, 2.24) is 5.32 Å². The summed E-state index contributed by atoms with van der Waals surface area (Å²) in [6, 6.07) is 15.0. The van der Waals surface area contributed by atoms with Crippen molar-refractivity contribution in [2.24, 2.45) is 0 Å². The summed E-state index contributed by atoms with van der Waals surface area (Å²) in [5.74, 6) is 0.707. The topological polar surface area (TPSA) is 21.3 Å². The Morgan fingerprint density at radius 1 is 1.10 bits per heavy atom. The van der Waals surface area contributed by atoms with Crippen molar-refractivity contribution in [3.63, 3.8) is 0 Å². The Balaban J connectivity index is 2.15. The number of hydrogen-bond acceptors (Lipinski definition) is 2. The molecule has 0 aliphatic rings. The average Bonchev–Trinajstić information content (AvgIpc) is 2.49. The van der Waals surface area contributed by atoms with E-state index in [4.69, 9.17) is 16.3 Å². The molecule has 0 radical (unpaired) electrons. The lowest BCUT2D eigenvalue weighted by Gasteiger charge is -2.12. The molecule has 1 atom stereocenters. The van der Waals surface area contributed by atoms with Crippen LogP contribution in [-0.4, -0.2) is 19.7 Å². The maximum atomic E-state index is 6.06. The van der Waals surface area contributed by atoms with Gasteiger partial charge < -0.3 is 10.1 Å². The molecule has 0 saturated heterocycles. The molecular weight excluding hydrogens is 282 g/mol. The summed E-state index contributed by atoms with van der Waals surface area (Å²) in [5, 5.41) is 4.07. The van der Waals surface area contributed by atoms with Gasteiger partial charge in [0.05, 0.1) is 12.1 Å². The number of likely N-dealkylation sites (N-methyl/N-ethyl adjacent to an activating group) is 1. The molecule has 0 aromatic heterocycles. The van der Waals surface area contributed by atoms with Crippen LogP contribution >= 0.6 is 11.6 Å². The highest BCUT2D eigenvalue weighted by Gasteiger charge is 2.05. The number of halogens is 1. The molecule has 112 valence electrons. The Labute approximate surface area is 132 Å². The Hall–Kier alpha value is -1.51. The summed E-state index contributed by atoms with van der Waals surface area (Å²) in [4.78, 5) is 0. The zero-order chi connectivity index (χ0) is 15.2. The highest BCUT2D eigenvalue weighted by molar-refractivity contribution is 6.32. The summed E-state index contributed by atoms with van der Waals surface area (Å²) in [6.07, 6.45) is 1.04. The lowest BCUT2D eigenvalue weighted by molar-refractivity contribution is 0.415. The van der Waals surface area contributed by atoms with Gasteiger partial charge in [0, 0.05) is 6.04 Å². The SMILES string of the molecule is CCNC(C)Cc1ccc(-c2ccc(Cl)c(OC)c2)cc1. The zero-order valence-electron chi connectivity index (χ0n) is 12.8. The molecule has 3 heteroatoms. The Morgan fingerprint density at radius 3 is 2.38 bits per heavy atom. The van der Waals surface area contributed by atoms with E-state index in [0.717, 1.165) is 18.5 Å². The summed E-state index contributed by atoms with van der Waals surface area (Å²) < 4.78 is 5.27. The first-order valence-electron chi connectivity index (χ1n) is 7.30. The average molecular weight is 304 g/mol. The van der Waals surface area contributed by atoms with Gasteiger partial charge in [-0.25, -0.2) is 0 Å². The molecule has 0 heterocycles. The monoisotopic (exact) mass is 303 g/mol. The van der Waals surface area contributed by atoms with Gasteiger partial charge in [-0.2, -0.15) is 0 Å². The van der Waals surface area contributed by atoms with E-state index in [9.17, 15) is 0 Å². The molecule has 1 N–H and O–H groups in total. The fourth-order valence-electron chi connectivity index (χ4n) is 2.45. The smallest absolute Gasteiger partial charge is 0.138 e. The lowest BCUT2D eigenvalue weighted by atomic mass is 10.0. The molecule has 0 spiro atoms. The van der Waals surface area contributed by atoms with Gasteiger partial charge in [-0.3, -0.25) is 0 Å². The van der Waals surface area contributed by atoms with Crippen molar-refractivity contribution in [2.45, 2.75) is 26.3 Å². The van der Waals surface area contributed by atoms with Gasteiger partial charge in [-0.05, 0) is 48.7 Å². The lowest BCUT2D eigenvalue weighted by Crippen LogP contribution is -2.27. The van der Waals surface area contributed by atoms with E-state index < -0.39 is 0 Å². The van der Waals surface area contributed by atoms with E-state index in [-0.39, 0.29) is 0 Å². The normalized spacial score (nSPS) is 12.2. The van der Waals surface area contributed by atoms with Gasteiger partial charge in [0.15, 0.2) is 0 Å². The molecule has 2 aromatic rings. The summed E-state index contributed by atoms with van der Waals surface area (Å²) >= 11 is 6.06. The molecule has 21 heavy (non-hydrogen) atoms. The molecule has 0 aliphatic carbocycles. The Bertz CT molecular complexity index is 580. The Kier molecular flexibility index (Phi) is 5.66. The van der Waals surface area contributed by atoms with Crippen molar-refractivity contribution >= 4 is 11.6 Å². The van der Waals surface area contributed by atoms with Crippen LogP contribution in [0, 0.1) is 0 Å². The van der Waals surface area contributed by atoms with Gasteiger partial charge in [0.2, 0.25) is 0 Å². The van der Waals surface area contributed by atoms with Gasteiger partial charge in [0.25, 0.3) is 0 Å². The van der Waals surface area contributed by atoms with Crippen LogP contribution in [0.3, 0.4) is 0 Å². The predicted octanol–water partition coefficient (Wildman–Crippen LogP) is 4.56. The van der Waals surface area contributed by atoms with Crippen LogP contribution in [0.2, 0.25) is 5.02 Å². The van der Waals surface area contributed by atoms with Gasteiger partial charge >= 0.3 is 0 Å². The third kappa shape index (κ3) is 4.23. The maximum absolute atomic E-state index is 6.06. The van der Waals surface area contributed by atoms with Crippen LogP contribution in [0.4, 0.5) is 0 Å². The van der Waals surface area contributed by atoms with Crippen LogP contribution in [0.5, 0.6) is 5.75 Å². The molecule has 2 rings (SSSR count). The second-order valence-electron chi connectivity index (χ2n) is 5.21. The van der Waals surface area contributed by atoms with Crippen molar-refractivity contribution < 1.29 is 4.74 Å². The fraction of sp³-hybridized carbons (Fsp3) is 0.333. The summed E-state index contributed by atoms with van der Waals surface area (Å²) in [6.45, 7) is 5.35. The second kappa shape index (κ2) is 7.48. The largest absolute Gasteiger partial charge is 0.495 e. The van der Waals surface area contributed by atoms with E-state index in [1.807, 2.05) is 18.2 Å². The first-order valence-corrected chi connectivity index (χ1v) is 7.68. The number of rotatable bonds is 6. The minimum atomic E-state index is 0.497. The van der Waals surface area contributed by atoms with Gasteiger partial charge in [0.1, 0.15) is 5.75 Å². The minimum Gasteiger partial charge on any atom is -0.495 e. The van der Waals surface area contributed by atoms with E-state index in [1.165, 1.54) is 11.1 Å². The van der Waals surface area contributed by atoms with E-state index in [1.54, 1.807) is 7.11 Å². The highest BCUT2D eigenvalue weighted by atomic mass is 35.5. The van der Waals surface area contributed by atoms with E-state index in [0.29, 0.717) is 16.8 Å². The number of ether oxygens (including phenoxy) is 1. The predicted molar refractivity (Wildman–Crippen MR) is 90.3 cm³/mol. The van der Waals surface area contributed by atoms with Crippen molar-refractivity contribution in [3.8, 4) is 16.9 Å². The quantitative estimate of drug-likeness (QED) is 0.845. The molecule has 1 unspecified atom stereocenters.